The molecule has 0 bridgehead atoms. The highest BCUT2D eigenvalue weighted by atomic mass is 15.1. The lowest BCUT2D eigenvalue weighted by Gasteiger charge is -2.26. The quantitative estimate of drug-likeness (QED) is 0.753. The maximum Gasteiger partial charge on any atom is 0.0702 e. The van der Waals surface area contributed by atoms with Crippen LogP contribution in [0.4, 0.5) is 5.69 Å². The monoisotopic (exact) mass is 202 g/mol. The van der Waals surface area contributed by atoms with E-state index in [9.17, 15) is 0 Å². The van der Waals surface area contributed by atoms with E-state index in [2.05, 4.69) is 36.1 Å². The van der Waals surface area contributed by atoms with Gasteiger partial charge in [-0.15, -0.1) is 0 Å². The Morgan fingerprint density at radius 3 is 2.60 bits per heavy atom. The summed E-state index contributed by atoms with van der Waals surface area (Å²) in [6, 6.07) is 10.6. The van der Waals surface area contributed by atoms with E-state index < -0.39 is 0 Å². The van der Waals surface area contributed by atoms with Crippen LogP contribution in [0, 0.1) is 23.7 Å². The average molecular weight is 202 g/mol. The van der Waals surface area contributed by atoms with Gasteiger partial charge in [-0.1, -0.05) is 12.1 Å². The highest BCUT2D eigenvalue weighted by Gasteiger charge is 2.19. The molecule has 0 atom stereocenters. The number of rotatable bonds is 3. The molecule has 80 valence electrons. The van der Waals surface area contributed by atoms with Crippen LogP contribution >= 0.6 is 0 Å². The Kier molecular flexibility index (Phi) is 3.36. The molecule has 0 radical (unpaired) electrons. The number of aryl methyl sites for hydroxylation is 1. The Balaban J connectivity index is 2.78. The van der Waals surface area contributed by atoms with Crippen molar-refractivity contribution in [3.8, 4) is 6.07 Å². The van der Waals surface area contributed by atoms with Crippen molar-refractivity contribution in [2.75, 3.05) is 18.5 Å². The van der Waals surface area contributed by atoms with Gasteiger partial charge >= 0.3 is 0 Å². The van der Waals surface area contributed by atoms with Gasteiger partial charge in [-0.3, -0.25) is 0 Å². The molecule has 0 aromatic heterocycles. The van der Waals surface area contributed by atoms with E-state index >= 15 is 0 Å². The summed E-state index contributed by atoms with van der Waals surface area (Å²) < 4.78 is 0. The van der Waals surface area contributed by atoms with E-state index in [4.69, 9.17) is 5.26 Å². The average Bonchev–Trinajstić information content (AvgIpc) is 2.17. The van der Waals surface area contributed by atoms with Gasteiger partial charge in [0, 0.05) is 19.3 Å². The summed E-state index contributed by atoms with van der Waals surface area (Å²) in [4.78, 5) is 2.12. The number of hydrogen-bond acceptors (Lipinski definition) is 2. The predicted octanol–water partition coefficient (Wildman–Crippen LogP) is 2.98. The molecule has 0 saturated heterocycles. The summed E-state index contributed by atoms with van der Waals surface area (Å²) in [7, 11) is 2.02. The van der Waals surface area contributed by atoms with Crippen molar-refractivity contribution in [3.63, 3.8) is 0 Å². The molecule has 0 N–H and O–H groups in total. The van der Waals surface area contributed by atoms with Gasteiger partial charge in [-0.25, -0.2) is 0 Å². The topological polar surface area (TPSA) is 27.0 Å². The zero-order chi connectivity index (χ0) is 11.5. The molecule has 1 aromatic carbocycles. The van der Waals surface area contributed by atoms with Crippen LogP contribution in [-0.2, 0) is 0 Å². The molecule has 0 saturated carbocycles. The Morgan fingerprint density at radius 2 is 2.07 bits per heavy atom. The zero-order valence-electron chi connectivity index (χ0n) is 9.91. The van der Waals surface area contributed by atoms with Gasteiger partial charge in [0.25, 0.3) is 0 Å². The fraction of sp³-hybridized carbons (Fsp3) is 0.462. The van der Waals surface area contributed by atoms with Gasteiger partial charge in [0.2, 0.25) is 0 Å². The molecule has 0 aliphatic carbocycles. The first kappa shape index (κ1) is 11.6. The van der Waals surface area contributed by atoms with Crippen molar-refractivity contribution in [2.24, 2.45) is 5.41 Å². The second-order valence-corrected chi connectivity index (χ2v) is 4.69. The van der Waals surface area contributed by atoms with Gasteiger partial charge in [-0.05, 0) is 38.5 Å². The molecule has 2 nitrogen and oxygen atoms in total. The van der Waals surface area contributed by atoms with Crippen LogP contribution in [0.15, 0.2) is 24.3 Å². The first-order chi connectivity index (χ1) is 6.94. The zero-order valence-corrected chi connectivity index (χ0v) is 9.91. The number of hydrogen-bond donors (Lipinski definition) is 0. The molecular weight excluding hydrogens is 184 g/mol. The minimum atomic E-state index is -0.307. The number of benzene rings is 1. The first-order valence-electron chi connectivity index (χ1n) is 5.14. The molecule has 0 aliphatic heterocycles. The first-order valence-corrected chi connectivity index (χ1v) is 5.14. The van der Waals surface area contributed by atoms with Crippen molar-refractivity contribution in [1.29, 1.82) is 5.26 Å². The molecular formula is C13H18N2. The second kappa shape index (κ2) is 4.35. The van der Waals surface area contributed by atoms with E-state index in [1.54, 1.807) is 0 Å². The third kappa shape index (κ3) is 3.28. The molecule has 15 heavy (non-hydrogen) atoms. The summed E-state index contributed by atoms with van der Waals surface area (Å²) in [5.41, 5.74) is 2.10. The summed E-state index contributed by atoms with van der Waals surface area (Å²) in [5.74, 6) is 0. The standard InChI is InChI=1S/C13H18N2/c1-11-6-5-7-12(8-11)15(4)10-13(2,3)9-14/h5-8H,10H2,1-4H3. The van der Waals surface area contributed by atoms with Gasteiger partial charge in [0.1, 0.15) is 0 Å². The summed E-state index contributed by atoms with van der Waals surface area (Å²) in [6.45, 7) is 6.73. The van der Waals surface area contributed by atoms with Crippen molar-refractivity contribution < 1.29 is 0 Å². The normalized spacial score (nSPS) is 10.9. The predicted molar refractivity (Wildman–Crippen MR) is 63.8 cm³/mol. The van der Waals surface area contributed by atoms with Crippen LogP contribution in [0.3, 0.4) is 0 Å². The van der Waals surface area contributed by atoms with Crippen LogP contribution in [0.1, 0.15) is 19.4 Å². The number of nitrogens with zero attached hydrogens (tertiary/aromatic N) is 2. The van der Waals surface area contributed by atoms with Gasteiger partial charge in [-0.2, -0.15) is 5.26 Å². The Morgan fingerprint density at radius 1 is 1.40 bits per heavy atom. The Bertz CT molecular complexity index is 374. The second-order valence-electron chi connectivity index (χ2n) is 4.69. The van der Waals surface area contributed by atoms with Crippen molar-refractivity contribution in [2.45, 2.75) is 20.8 Å². The van der Waals surface area contributed by atoms with Crippen LogP contribution in [-0.4, -0.2) is 13.6 Å². The van der Waals surface area contributed by atoms with Crippen LogP contribution in [0.25, 0.3) is 0 Å². The Hall–Kier alpha value is -1.49. The number of anilines is 1. The maximum atomic E-state index is 8.97. The van der Waals surface area contributed by atoms with Crippen molar-refractivity contribution >= 4 is 5.69 Å². The molecule has 0 spiro atoms. The lowest BCUT2D eigenvalue weighted by Crippen LogP contribution is -2.30. The van der Waals surface area contributed by atoms with Crippen LogP contribution < -0.4 is 4.90 Å². The summed E-state index contributed by atoms with van der Waals surface area (Å²) >= 11 is 0. The molecule has 0 fully saturated rings. The van der Waals surface area contributed by atoms with Crippen molar-refractivity contribution in [1.82, 2.24) is 0 Å². The fourth-order valence-electron chi connectivity index (χ4n) is 1.58. The van der Waals surface area contributed by atoms with E-state index in [1.165, 1.54) is 11.3 Å². The molecule has 0 heterocycles. The summed E-state index contributed by atoms with van der Waals surface area (Å²) in [6.07, 6.45) is 0. The smallest absolute Gasteiger partial charge is 0.0702 e. The molecule has 0 unspecified atom stereocenters. The van der Waals surface area contributed by atoms with Crippen LogP contribution in [0.2, 0.25) is 0 Å². The van der Waals surface area contributed by atoms with Crippen molar-refractivity contribution in [3.05, 3.63) is 29.8 Å². The van der Waals surface area contributed by atoms with Gasteiger partial charge in [0.05, 0.1) is 11.5 Å². The lowest BCUT2D eigenvalue weighted by molar-refractivity contribution is 0.497. The van der Waals surface area contributed by atoms with E-state index in [0.29, 0.717) is 0 Å². The maximum absolute atomic E-state index is 8.97. The van der Waals surface area contributed by atoms with E-state index in [-0.39, 0.29) is 5.41 Å². The molecule has 0 amide bonds. The Labute approximate surface area is 92.1 Å². The van der Waals surface area contributed by atoms with E-state index in [0.717, 1.165) is 6.54 Å². The summed E-state index contributed by atoms with van der Waals surface area (Å²) in [5, 5.41) is 8.97. The molecule has 0 aliphatic rings. The molecule has 2 heteroatoms. The van der Waals surface area contributed by atoms with Gasteiger partial charge < -0.3 is 4.90 Å². The largest absolute Gasteiger partial charge is 0.373 e. The third-order valence-electron chi connectivity index (χ3n) is 2.38. The van der Waals surface area contributed by atoms with Crippen LogP contribution in [0.5, 0.6) is 0 Å². The van der Waals surface area contributed by atoms with E-state index in [1.807, 2.05) is 27.0 Å². The minimum Gasteiger partial charge on any atom is -0.373 e. The fourth-order valence-corrected chi connectivity index (χ4v) is 1.58. The number of nitriles is 1. The highest BCUT2D eigenvalue weighted by molar-refractivity contribution is 5.48. The highest BCUT2D eigenvalue weighted by Crippen LogP contribution is 2.20. The third-order valence-corrected chi connectivity index (χ3v) is 2.38. The molecule has 1 rings (SSSR count). The minimum absolute atomic E-state index is 0.307. The molecule has 1 aromatic rings. The van der Waals surface area contributed by atoms with Gasteiger partial charge in [0.15, 0.2) is 0 Å². The lowest BCUT2D eigenvalue weighted by atomic mass is 9.95. The SMILES string of the molecule is Cc1cccc(N(C)CC(C)(C)C#N)c1.